The van der Waals surface area contributed by atoms with Gasteiger partial charge >= 0.3 is 0 Å². The highest BCUT2D eigenvalue weighted by molar-refractivity contribution is 6.21. The van der Waals surface area contributed by atoms with E-state index < -0.39 is 0 Å². The summed E-state index contributed by atoms with van der Waals surface area (Å²) in [7, 11) is 0. The average Bonchev–Trinajstić information content (AvgIpc) is 2.86. The fourth-order valence-electron chi connectivity index (χ4n) is 3.05. The highest BCUT2D eigenvalue weighted by Crippen LogP contribution is 2.24. The number of hydrogen-bond donors (Lipinski definition) is 1. The molecule has 0 aliphatic carbocycles. The molecular weight excluding hydrogens is 330 g/mol. The van der Waals surface area contributed by atoms with Crippen molar-refractivity contribution in [2.45, 2.75) is 32.7 Å². The highest BCUT2D eigenvalue weighted by atomic mass is 16.2. The maximum absolute atomic E-state index is 12.4. The fraction of sp³-hybridized carbons (Fsp3) is 0.300. The topological polar surface area (TPSA) is 79.4 Å². The van der Waals surface area contributed by atoms with Crippen LogP contribution in [0.15, 0.2) is 42.7 Å². The summed E-state index contributed by atoms with van der Waals surface area (Å²) >= 11 is 0. The van der Waals surface area contributed by atoms with Gasteiger partial charge in [-0.1, -0.05) is 11.6 Å². The summed E-state index contributed by atoms with van der Waals surface area (Å²) in [5.74, 6) is -0.670. The van der Waals surface area contributed by atoms with Crippen molar-refractivity contribution in [3.05, 3.63) is 65.0 Å². The van der Waals surface area contributed by atoms with Crippen LogP contribution in [-0.2, 0) is 4.79 Å². The third-order valence-electron chi connectivity index (χ3n) is 4.50. The van der Waals surface area contributed by atoms with Crippen molar-refractivity contribution in [2.75, 3.05) is 6.54 Å². The first kappa shape index (κ1) is 17.8. The Morgan fingerprint density at radius 3 is 2.54 bits per heavy atom. The smallest absolute Gasteiger partial charge is 0.261 e. The van der Waals surface area contributed by atoms with Gasteiger partial charge in [0, 0.05) is 25.4 Å². The molecule has 26 heavy (non-hydrogen) atoms. The van der Waals surface area contributed by atoms with E-state index in [1.807, 2.05) is 32.0 Å². The first-order valence-electron chi connectivity index (χ1n) is 8.63. The summed E-state index contributed by atoms with van der Waals surface area (Å²) in [4.78, 5) is 42.0. The van der Waals surface area contributed by atoms with Crippen molar-refractivity contribution >= 4 is 17.7 Å². The Hall–Kier alpha value is -3.02. The monoisotopic (exact) mass is 351 g/mol. The molecule has 3 rings (SSSR count). The van der Waals surface area contributed by atoms with E-state index in [2.05, 4.69) is 10.3 Å². The number of aromatic nitrogens is 1. The second-order valence-electron chi connectivity index (χ2n) is 6.48. The van der Waals surface area contributed by atoms with E-state index in [9.17, 15) is 14.4 Å². The van der Waals surface area contributed by atoms with Crippen LogP contribution < -0.4 is 5.32 Å². The van der Waals surface area contributed by atoms with Crippen LogP contribution >= 0.6 is 0 Å². The van der Waals surface area contributed by atoms with Crippen LogP contribution in [0.3, 0.4) is 0 Å². The molecule has 0 saturated heterocycles. The van der Waals surface area contributed by atoms with Crippen molar-refractivity contribution in [3.63, 3.8) is 0 Å². The van der Waals surface area contributed by atoms with Gasteiger partial charge in [-0.15, -0.1) is 0 Å². The van der Waals surface area contributed by atoms with Gasteiger partial charge in [0.25, 0.3) is 11.8 Å². The molecule has 0 fully saturated rings. The number of pyridine rings is 1. The van der Waals surface area contributed by atoms with Crippen molar-refractivity contribution in [1.82, 2.24) is 15.2 Å². The van der Waals surface area contributed by atoms with E-state index in [1.165, 1.54) is 4.90 Å². The van der Waals surface area contributed by atoms with Crippen molar-refractivity contribution in [1.29, 1.82) is 0 Å². The lowest BCUT2D eigenvalue weighted by atomic mass is 10.1. The molecule has 0 bridgehead atoms. The second-order valence-corrected chi connectivity index (χ2v) is 6.48. The third kappa shape index (κ3) is 3.64. The Morgan fingerprint density at radius 1 is 1.12 bits per heavy atom. The largest absolute Gasteiger partial charge is 0.350 e. The van der Waals surface area contributed by atoms with Gasteiger partial charge in [-0.25, -0.2) is 0 Å². The van der Waals surface area contributed by atoms with Crippen LogP contribution in [0.4, 0.5) is 0 Å². The maximum atomic E-state index is 12.4. The van der Waals surface area contributed by atoms with E-state index in [-0.39, 0.29) is 36.7 Å². The molecule has 6 heteroatoms. The summed E-state index contributed by atoms with van der Waals surface area (Å²) in [6.07, 6.45) is 4.05. The normalized spacial score (nSPS) is 14.3. The van der Waals surface area contributed by atoms with E-state index in [0.717, 1.165) is 11.1 Å². The van der Waals surface area contributed by atoms with Crippen LogP contribution in [0.1, 0.15) is 57.7 Å². The van der Waals surface area contributed by atoms with E-state index in [4.69, 9.17) is 0 Å². The number of nitrogens with one attached hydrogen (secondary N) is 1. The van der Waals surface area contributed by atoms with Gasteiger partial charge in [0.05, 0.1) is 17.2 Å². The molecule has 1 aliphatic rings. The zero-order valence-corrected chi connectivity index (χ0v) is 14.9. The average molecular weight is 351 g/mol. The molecule has 2 aromatic rings. The summed E-state index contributed by atoms with van der Waals surface area (Å²) in [5.41, 5.74) is 2.81. The fourth-order valence-corrected chi connectivity index (χ4v) is 3.05. The number of benzene rings is 1. The third-order valence-corrected chi connectivity index (χ3v) is 4.50. The number of aryl methyl sites for hydroxylation is 1. The van der Waals surface area contributed by atoms with Crippen molar-refractivity contribution in [2.24, 2.45) is 0 Å². The van der Waals surface area contributed by atoms with Crippen LogP contribution in [0.5, 0.6) is 0 Å². The Bertz CT molecular complexity index is 849. The van der Waals surface area contributed by atoms with E-state index in [1.54, 1.807) is 24.5 Å². The van der Waals surface area contributed by atoms with Crippen LogP contribution in [-0.4, -0.2) is 34.2 Å². The standard InChI is InChI=1S/C20H21N3O3/c1-13-5-6-16-17(12-13)20(26)23(19(16)25)11-3-4-18(24)22-14(2)15-7-9-21-10-8-15/h5-10,12,14H,3-4,11H2,1-2H3,(H,22,24). The lowest BCUT2D eigenvalue weighted by Gasteiger charge is -2.16. The van der Waals surface area contributed by atoms with Gasteiger partial charge in [-0.05, 0) is 50.1 Å². The van der Waals surface area contributed by atoms with Gasteiger partial charge in [-0.2, -0.15) is 0 Å². The summed E-state index contributed by atoms with van der Waals surface area (Å²) in [5, 5.41) is 2.91. The molecule has 1 atom stereocenters. The zero-order chi connectivity index (χ0) is 18.7. The molecule has 1 aromatic carbocycles. The molecular formula is C20H21N3O3. The quantitative estimate of drug-likeness (QED) is 0.812. The molecule has 1 unspecified atom stereocenters. The van der Waals surface area contributed by atoms with Crippen molar-refractivity contribution < 1.29 is 14.4 Å². The molecule has 0 radical (unpaired) electrons. The van der Waals surface area contributed by atoms with Gasteiger partial charge in [0.15, 0.2) is 0 Å². The number of rotatable bonds is 6. The van der Waals surface area contributed by atoms with E-state index >= 15 is 0 Å². The van der Waals surface area contributed by atoms with Crippen LogP contribution in [0.2, 0.25) is 0 Å². The molecule has 2 heterocycles. The lowest BCUT2D eigenvalue weighted by molar-refractivity contribution is -0.121. The Kier molecular flexibility index (Phi) is 5.11. The number of carbonyl (C=O) groups excluding carboxylic acids is 3. The molecule has 134 valence electrons. The molecule has 6 nitrogen and oxygen atoms in total. The summed E-state index contributed by atoms with van der Waals surface area (Å²) in [6, 6.07) is 8.83. The molecule has 1 N–H and O–H groups in total. The Morgan fingerprint density at radius 2 is 1.81 bits per heavy atom. The van der Waals surface area contributed by atoms with Crippen LogP contribution in [0, 0.1) is 6.92 Å². The van der Waals surface area contributed by atoms with Gasteiger partial charge in [0.1, 0.15) is 0 Å². The maximum Gasteiger partial charge on any atom is 0.261 e. The minimum atomic E-state index is -0.282. The summed E-state index contributed by atoms with van der Waals surface area (Å²) < 4.78 is 0. The van der Waals surface area contributed by atoms with Gasteiger partial charge < -0.3 is 5.32 Å². The SMILES string of the molecule is Cc1ccc2c(c1)C(=O)N(CCCC(=O)NC(C)c1ccncc1)C2=O. The minimum Gasteiger partial charge on any atom is -0.350 e. The molecule has 1 aromatic heterocycles. The molecule has 0 spiro atoms. The zero-order valence-electron chi connectivity index (χ0n) is 14.9. The Balaban J connectivity index is 1.52. The highest BCUT2D eigenvalue weighted by Gasteiger charge is 2.34. The lowest BCUT2D eigenvalue weighted by Crippen LogP contribution is -2.32. The van der Waals surface area contributed by atoms with E-state index in [0.29, 0.717) is 17.5 Å². The number of carbonyl (C=O) groups is 3. The Labute approximate surface area is 152 Å². The first-order valence-corrected chi connectivity index (χ1v) is 8.63. The number of nitrogens with zero attached hydrogens (tertiary/aromatic N) is 2. The van der Waals surface area contributed by atoms with Crippen LogP contribution in [0.25, 0.3) is 0 Å². The predicted molar refractivity (Wildman–Crippen MR) is 96.6 cm³/mol. The predicted octanol–water partition coefficient (Wildman–Crippen LogP) is 2.64. The van der Waals surface area contributed by atoms with Gasteiger partial charge in [0.2, 0.25) is 5.91 Å². The number of amides is 3. The number of imide groups is 1. The number of hydrogen-bond acceptors (Lipinski definition) is 4. The first-order chi connectivity index (χ1) is 12.5. The summed E-state index contributed by atoms with van der Waals surface area (Å²) in [6.45, 7) is 4.02. The van der Waals surface area contributed by atoms with Crippen molar-refractivity contribution in [3.8, 4) is 0 Å². The van der Waals surface area contributed by atoms with Gasteiger partial charge in [-0.3, -0.25) is 24.3 Å². The number of fused-ring (bicyclic) bond motifs is 1. The second kappa shape index (κ2) is 7.47. The molecule has 3 amide bonds. The molecule has 0 saturated carbocycles. The molecule has 1 aliphatic heterocycles. The minimum absolute atomic E-state index is 0.109.